The summed E-state index contributed by atoms with van der Waals surface area (Å²) in [5.41, 5.74) is 1.80. The molecule has 2 amide bonds. The van der Waals surface area contributed by atoms with Crippen molar-refractivity contribution in [1.29, 1.82) is 0 Å². The summed E-state index contributed by atoms with van der Waals surface area (Å²) in [4.78, 5) is 29.8. The van der Waals surface area contributed by atoms with E-state index in [1.54, 1.807) is 12.3 Å². The zero-order valence-electron chi connectivity index (χ0n) is 17.7. The Morgan fingerprint density at radius 2 is 1.83 bits per heavy atom. The van der Waals surface area contributed by atoms with Crippen molar-refractivity contribution >= 4 is 11.8 Å². The predicted molar refractivity (Wildman–Crippen MR) is 115 cm³/mol. The maximum absolute atomic E-state index is 12.7. The third-order valence-electron chi connectivity index (χ3n) is 6.49. The lowest BCUT2D eigenvalue weighted by molar-refractivity contribution is -0.127. The number of nitrogens with one attached hydrogen (secondary N) is 1. The fraction of sp³-hybridized carbons (Fsp3) is 0.500. The molecule has 160 valence electrons. The Labute approximate surface area is 178 Å². The van der Waals surface area contributed by atoms with E-state index in [2.05, 4.69) is 10.2 Å². The Bertz CT molecular complexity index is 856. The fourth-order valence-electron chi connectivity index (χ4n) is 4.69. The molecule has 2 fully saturated rings. The second-order valence-electron chi connectivity index (χ2n) is 8.45. The summed E-state index contributed by atoms with van der Waals surface area (Å²) in [6.07, 6.45) is 5.50. The lowest BCUT2D eigenvalue weighted by Gasteiger charge is -2.42. The average molecular weight is 410 g/mol. The third-order valence-corrected chi connectivity index (χ3v) is 6.49. The zero-order valence-corrected chi connectivity index (χ0v) is 17.7. The van der Waals surface area contributed by atoms with Crippen molar-refractivity contribution < 1.29 is 14.0 Å². The summed E-state index contributed by atoms with van der Waals surface area (Å²) in [7, 11) is 0. The van der Waals surface area contributed by atoms with E-state index in [9.17, 15) is 9.59 Å². The van der Waals surface area contributed by atoms with Crippen LogP contribution in [0, 0.1) is 12.8 Å². The molecule has 1 N–H and O–H groups in total. The number of rotatable bonds is 5. The van der Waals surface area contributed by atoms with Crippen LogP contribution in [0.1, 0.15) is 47.4 Å². The molecule has 0 spiro atoms. The van der Waals surface area contributed by atoms with Crippen LogP contribution in [0.5, 0.6) is 0 Å². The summed E-state index contributed by atoms with van der Waals surface area (Å²) < 4.78 is 5.28. The Kier molecular flexibility index (Phi) is 6.53. The summed E-state index contributed by atoms with van der Waals surface area (Å²) in [6, 6.07) is 12.3. The molecule has 30 heavy (non-hydrogen) atoms. The summed E-state index contributed by atoms with van der Waals surface area (Å²) in [6.45, 7) is 5.80. The second kappa shape index (κ2) is 9.47. The number of likely N-dealkylation sites (tertiary alicyclic amines) is 2. The van der Waals surface area contributed by atoms with Gasteiger partial charge in [-0.05, 0) is 50.8 Å². The van der Waals surface area contributed by atoms with Crippen LogP contribution in [-0.2, 0) is 11.3 Å². The van der Waals surface area contributed by atoms with Crippen molar-refractivity contribution in [3.63, 3.8) is 0 Å². The molecule has 4 rings (SSSR count). The first kappa shape index (κ1) is 20.7. The molecule has 1 aromatic carbocycles. The highest BCUT2D eigenvalue weighted by Gasteiger charge is 2.33. The van der Waals surface area contributed by atoms with E-state index >= 15 is 0 Å². The SMILES string of the molecule is Cc1occc1C(=O)N1CCC(N2CCC[C@H](C(=O)NCc3ccccc3)C2)CC1. The first-order valence-electron chi connectivity index (χ1n) is 11.0. The Hall–Kier alpha value is -2.60. The van der Waals surface area contributed by atoms with Crippen LogP contribution in [0.25, 0.3) is 0 Å². The highest BCUT2D eigenvalue weighted by Crippen LogP contribution is 2.25. The summed E-state index contributed by atoms with van der Waals surface area (Å²) in [5.74, 6) is 0.960. The van der Waals surface area contributed by atoms with Crippen LogP contribution in [0.15, 0.2) is 47.1 Å². The first-order chi connectivity index (χ1) is 14.6. The van der Waals surface area contributed by atoms with Gasteiger partial charge in [-0.3, -0.25) is 14.5 Å². The van der Waals surface area contributed by atoms with Gasteiger partial charge in [0.15, 0.2) is 0 Å². The van der Waals surface area contributed by atoms with E-state index in [4.69, 9.17) is 4.42 Å². The Morgan fingerprint density at radius 3 is 2.53 bits per heavy atom. The van der Waals surface area contributed by atoms with Crippen LogP contribution in [-0.4, -0.2) is 53.8 Å². The smallest absolute Gasteiger partial charge is 0.257 e. The number of benzene rings is 1. The first-order valence-corrected chi connectivity index (χ1v) is 11.0. The normalized spacial score (nSPS) is 20.8. The summed E-state index contributed by atoms with van der Waals surface area (Å²) in [5, 5.41) is 3.11. The monoisotopic (exact) mass is 409 g/mol. The minimum atomic E-state index is 0.0516. The minimum absolute atomic E-state index is 0.0516. The molecular weight excluding hydrogens is 378 g/mol. The number of aryl methyl sites for hydroxylation is 1. The maximum atomic E-state index is 12.7. The van der Waals surface area contributed by atoms with Gasteiger partial charge in [-0.1, -0.05) is 30.3 Å². The molecule has 1 aromatic heterocycles. The molecule has 0 unspecified atom stereocenters. The van der Waals surface area contributed by atoms with Gasteiger partial charge in [0.2, 0.25) is 5.91 Å². The predicted octanol–water partition coefficient (Wildman–Crippen LogP) is 3.22. The van der Waals surface area contributed by atoms with Gasteiger partial charge < -0.3 is 14.6 Å². The molecule has 0 bridgehead atoms. The van der Waals surface area contributed by atoms with E-state index in [-0.39, 0.29) is 17.7 Å². The number of carbonyl (C=O) groups is 2. The van der Waals surface area contributed by atoms with Crippen LogP contribution >= 0.6 is 0 Å². The van der Waals surface area contributed by atoms with Crippen LogP contribution in [0.3, 0.4) is 0 Å². The number of piperidine rings is 2. The highest BCUT2D eigenvalue weighted by atomic mass is 16.3. The molecule has 2 saturated heterocycles. The quantitative estimate of drug-likeness (QED) is 0.824. The molecule has 2 aliphatic heterocycles. The number of nitrogens with zero attached hydrogens (tertiary/aromatic N) is 2. The molecule has 2 aliphatic rings. The molecule has 2 aromatic rings. The van der Waals surface area contributed by atoms with E-state index < -0.39 is 0 Å². The minimum Gasteiger partial charge on any atom is -0.469 e. The van der Waals surface area contributed by atoms with E-state index in [1.165, 1.54) is 0 Å². The lowest BCUT2D eigenvalue weighted by atomic mass is 9.93. The van der Waals surface area contributed by atoms with Crippen molar-refractivity contribution in [1.82, 2.24) is 15.1 Å². The van der Waals surface area contributed by atoms with Crippen molar-refractivity contribution in [3.05, 3.63) is 59.5 Å². The number of amides is 2. The van der Waals surface area contributed by atoms with E-state index in [0.717, 1.165) is 57.4 Å². The molecule has 0 saturated carbocycles. The zero-order chi connectivity index (χ0) is 20.9. The van der Waals surface area contributed by atoms with Crippen molar-refractivity contribution in [3.8, 4) is 0 Å². The van der Waals surface area contributed by atoms with E-state index in [0.29, 0.717) is 23.9 Å². The molecule has 6 heteroatoms. The van der Waals surface area contributed by atoms with Crippen molar-refractivity contribution in [2.45, 2.75) is 45.2 Å². The van der Waals surface area contributed by atoms with E-state index in [1.807, 2.05) is 42.2 Å². The molecule has 6 nitrogen and oxygen atoms in total. The van der Waals surface area contributed by atoms with Gasteiger partial charge in [-0.2, -0.15) is 0 Å². The average Bonchev–Trinajstić information content (AvgIpc) is 3.23. The van der Waals surface area contributed by atoms with Crippen LogP contribution in [0.4, 0.5) is 0 Å². The van der Waals surface area contributed by atoms with Gasteiger partial charge in [0.25, 0.3) is 5.91 Å². The number of furan rings is 1. The topological polar surface area (TPSA) is 65.8 Å². The maximum Gasteiger partial charge on any atom is 0.257 e. The lowest BCUT2D eigenvalue weighted by Crippen LogP contribution is -2.51. The van der Waals surface area contributed by atoms with Crippen LogP contribution < -0.4 is 5.32 Å². The molecule has 3 heterocycles. The number of hydrogen-bond donors (Lipinski definition) is 1. The fourth-order valence-corrected chi connectivity index (χ4v) is 4.69. The van der Waals surface area contributed by atoms with Crippen molar-refractivity contribution in [2.75, 3.05) is 26.2 Å². The van der Waals surface area contributed by atoms with Gasteiger partial charge in [0.1, 0.15) is 5.76 Å². The second-order valence-corrected chi connectivity index (χ2v) is 8.45. The molecule has 1 atom stereocenters. The Balaban J connectivity index is 1.26. The molecule has 0 aliphatic carbocycles. The summed E-state index contributed by atoms with van der Waals surface area (Å²) >= 11 is 0. The van der Waals surface area contributed by atoms with Gasteiger partial charge in [0.05, 0.1) is 17.7 Å². The largest absolute Gasteiger partial charge is 0.469 e. The Morgan fingerprint density at radius 1 is 1.07 bits per heavy atom. The van der Waals surface area contributed by atoms with Gasteiger partial charge in [0, 0.05) is 32.2 Å². The highest BCUT2D eigenvalue weighted by molar-refractivity contribution is 5.95. The number of hydrogen-bond acceptors (Lipinski definition) is 4. The standard InChI is InChI=1S/C24H31N3O3/c1-18-22(11-15-30-18)24(29)26-13-9-21(10-14-26)27-12-5-8-20(17-27)23(28)25-16-19-6-3-2-4-7-19/h2-4,6-7,11,15,20-21H,5,8-10,12-14,16-17H2,1H3,(H,25,28)/t20-/m0/s1. The van der Waals surface area contributed by atoms with Crippen molar-refractivity contribution in [2.24, 2.45) is 5.92 Å². The molecular formula is C24H31N3O3. The number of carbonyl (C=O) groups excluding carboxylic acids is 2. The van der Waals surface area contributed by atoms with Gasteiger partial charge in [-0.15, -0.1) is 0 Å². The third kappa shape index (κ3) is 4.75. The molecule has 0 radical (unpaired) electrons. The van der Waals surface area contributed by atoms with Gasteiger partial charge in [-0.25, -0.2) is 0 Å². The van der Waals surface area contributed by atoms with Gasteiger partial charge >= 0.3 is 0 Å². The van der Waals surface area contributed by atoms with Crippen LogP contribution in [0.2, 0.25) is 0 Å².